The second-order valence-electron chi connectivity index (χ2n) is 19.5. The van der Waals surface area contributed by atoms with Crippen molar-refractivity contribution in [2.24, 2.45) is 5.41 Å². The van der Waals surface area contributed by atoms with Crippen LogP contribution in [0.4, 0.5) is 5.82 Å². The topological polar surface area (TPSA) is 216 Å². The van der Waals surface area contributed by atoms with E-state index < -0.39 is 29.5 Å². The summed E-state index contributed by atoms with van der Waals surface area (Å²) in [5.74, 6) is -0.225. The molecule has 2 fully saturated rings. The molecule has 0 bridgehead atoms. The molecule has 16 nitrogen and oxygen atoms in total. The van der Waals surface area contributed by atoms with E-state index in [1.165, 1.54) is 10.5 Å². The normalized spacial score (nSPS) is 17.2. The van der Waals surface area contributed by atoms with E-state index in [1.54, 1.807) is 35.6 Å². The zero-order valence-corrected chi connectivity index (χ0v) is 41.7. The van der Waals surface area contributed by atoms with Gasteiger partial charge in [-0.1, -0.05) is 87.9 Å². The zero-order chi connectivity index (χ0) is 50.0. The van der Waals surface area contributed by atoms with Crippen LogP contribution in [-0.4, -0.2) is 121 Å². The number of carbonyl (C=O) groups is 4. The maximum atomic E-state index is 14.1. The molecule has 2 aliphatic rings. The molecule has 7 rings (SSSR count). The molecule has 4 atom stereocenters. The predicted octanol–water partition coefficient (Wildman–Crippen LogP) is 6.45. The van der Waals surface area contributed by atoms with Crippen LogP contribution in [0.1, 0.15) is 94.6 Å². The number of hydrogen-bond acceptors (Lipinski definition) is 13. The standard InChI is InChI=1S/C53H67N9O7S/c1-34(38-18-20-39(21-19-38)48-35(2)55-33-70-48)56-51(67)43-29-40(63)32-62(43)52(68)49(53(3,4)5)57-46(65)16-7-6-8-17-47(66)61-25-23-60(24-26-61)31-37-13-11-12-36(28-37)22-27-69-45-30-42(58-59-50(45)54)41-14-9-10-15-44(41)64/h9-15,18-21,28,30,33-34,40,43,49,63-64H,6-8,16-17,22-27,29,31-32H2,1-5H3,(H2,54,59)(H,56,67)(H,57,65)/t34-,40+,43-,49+/m0/s1. The molecule has 5 aromatic rings. The Hall–Kier alpha value is -6.43. The van der Waals surface area contributed by atoms with Gasteiger partial charge in [0.25, 0.3) is 0 Å². The Morgan fingerprint density at radius 1 is 0.900 bits per heavy atom. The van der Waals surface area contributed by atoms with Crippen LogP contribution in [0.15, 0.2) is 84.4 Å². The molecule has 0 unspecified atom stereocenters. The number of anilines is 1. The number of rotatable bonds is 19. The molecule has 0 aliphatic carbocycles. The Balaban J connectivity index is 0.800. The molecule has 6 N–H and O–H groups in total. The third kappa shape index (κ3) is 13.5. The van der Waals surface area contributed by atoms with Crippen molar-refractivity contribution >= 4 is 40.8 Å². The predicted molar refractivity (Wildman–Crippen MR) is 270 cm³/mol. The molecule has 2 aromatic heterocycles. The molecule has 17 heteroatoms. The van der Waals surface area contributed by atoms with E-state index in [1.807, 2.05) is 81.4 Å². The van der Waals surface area contributed by atoms with E-state index in [9.17, 15) is 29.4 Å². The van der Waals surface area contributed by atoms with Gasteiger partial charge in [0.05, 0.1) is 34.8 Å². The van der Waals surface area contributed by atoms with E-state index in [0.717, 1.165) is 46.9 Å². The minimum absolute atomic E-state index is 0.000111. The number of aliphatic hydroxyl groups excluding tert-OH is 1. The number of likely N-dealkylation sites (tertiary alicyclic amines) is 1. The second-order valence-corrected chi connectivity index (χ2v) is 20.4. The van der Waals surface area contributed by atoms with Gasteiger partial charge in [-0.25, -0.2) is 4.98 Å². The van der Waals surface area contributed by atoms with Gasteiger partial charge in [0.1, 0.15) is 23.5 Å². The number of aromatic hydroxyl groups is 1. The van der Waals surface area contributed by atoms with Crippen molar-refractivity contribution < 1.29 is 34.1 Å². The van der Waals surface area contributed by atoms with Gasteiger partial charge >= 0.3 is 0 Å². The van der Waals surface area contributed by atoms with E-state index in [-0.39, 0.29) is 54.7 Å². The van der Waals surface area contributed by atoms with Crippen LogP contribution in [0.2, 0.25) is 0 Å². The Morgan fingerprint density at radius 3 is 2.34 bits per heavy atom. The van der Waals surface area contributed by atoms with Gasteiger partial charge in [0, 0.05) is 76.6 Å². The van der Waals surface area contributed by atoms with Crippen LogP contribution in [0.5, 0.6) is 11.5 Å². The molecule has 2 saturated heterocycles. The van der Waals surface area contributed by atoms with Gasteiger partial charge in [-0.15, -0.1) is 21.5 Å². The summed E-state index contributed by atoms with van der Waals surface area (Å²) in [5.41, 5.74) is 13.4. The molecule has 3 aromatic carbocycles. The number of phenolic OH excluding ortho intramolecular Hbond substituents is 1. The summed E-state index contributed by atoms with van der Waals surface area (Å²) >= 11 is 1.58. The third-order valence-electron chi connectivity index (χ3n) is 13.1. The van der Waals surface area contributed by atoms with Gasteiger partial charge in [-0.2, -0.15) is 0 Å². The summed E-state index contributed by atoms with van der Waals surface area (Å²) in [6, 6.07) is 22.8. The highest BCUT2D eigenvalue weighted by atomic mass is 32.1. The monoisotopic (exact) mass is 973 g/mol. The maximum absolute atomic E-state index is 14.1. The number of nitrogen functional groups attached to an aromatic ring is 1. The number of aliphatic hydroxyl groups is 1. The number of para-hydroxylation sites is 1. The number of unbranched alkanes of at least 4 members (excludes halogenated alkanes) is 2. The number of amides is 4. The summed E-state index contributed by atoms with van der Waals surface area (Å²) in [4.78, 5) is 65.4. The van der Waals surface area contributed by atoms with Crippen molar-refractivity contribution in [3.05, 3.63) is 107 Å². The minimum Gasteiger partial charge on any atom is -0.507 e. The molecule has 0 saturated carbocycles. The number of piperazine rings is 1. The number of nitrogens with one attached hydrogen (secondary N) is 2. The van der Waals surface area contributed by atoms with Gasteiger partial charge < -0.3 is 41.1 Å². The van der Waals surface area contributed by atoms with Crippen molar-refractivity contribution in [1.29, 1.82) is 0 Å². The number of phenols is 1. The number of carbonyl (C=O) groups excluding carboxylic acids is 4. The second kappa shape index (κ2) is 23.5. The lowest BCUT2D eigenvalue weighted by Gasteiger charge is -2.35. The first-order valence-electron chi connectivity index (χ1n) is 24.2. The number of nitrogens with two attached hydrogens (primary N) is 1. The number of benzene rings is 3. The van der Waals surface area contributed by atoms with E-state index in [0.29, 0.717) is 68.8 Å². The molecular weight excluding hydrogens is 907 g/mol. The number of hydrogen-bond donors (Lipinski definition) is 5. The third-order valence-corrected chi connectivity index (χ3v) is 14.1. The van der Waals surface area contributed by atoms with Crippen LogP contribution in [-0.2, 0) is 32.1 Å². The van der Waals surface area contributed by atoms with Gasteiger partial charge in [0.2, 0.25) is 23.6 Å². The fraction of sp³-hybridized carbons (Fsp3) is 0.453. The van der Waals surface area contributed by atoms with Crippen LogP contribution >= 0.6 is 11.3 Å². The fourth-order valence-electron chi connectivity index (χ4n) is 9.04. The highest BCUT2D eigenvalue weighted by Gasteiger charge is 2.44. The quantitative estimate of drug-likeness (QED) is 0.0565. The van der Waals surface area contributed by atoms with Crippen LogP contribution in [0.25, 0.3) is 21.7 Å². The summed E-state index contributed by atoms with van der Waals surface area (Å²) < 4.78 is 6.00. The van der Waals surface area contributed by atoms with Gasteiger partial charge in [-0.05, 0) is 66.5 Å². The molecule has 2 aliphatic heterocycles. The average molecular weight is 974 g/mol. The molecule has 4 heterocycles. The summed E-state index contributed by atoms with van der Waals surface area (Å²) in [6.45, 7) is 13.5. The molecule has 4 amide bonds. The number of ether oxygens (including phenoxy) is 1. The number of nitrogens with zero attached hydrogens (tertiary/aromatic N) is 6. The molecule has 0 spiro atoms. The van der Waals surface area contributed by atoms with Crippen LogP contribution in [0.3, 0.4) is 0 Å². The lowest BCUT2D eigenvalue weighted by atomic mass is 9.85. The van der Waals surface area contributed by atoms with Crippen molar-refractivity contribution in [2.45, 2.75) is 110 Å². The van der Waals surface area contributed by atoms with E-state index in [4.69, 9.17) is 10.5 Å². The first-order chi connectivity index (χ1) is 33.5. The van der Waals surface area contributed by atoms with E-state index >= 15 is 0 Å². The smallest absolute Gasteiger partial charge is 0.246 e. The SMILES string of the molecule is Cc1ncsc1-c1ccc([C@H](C)NC(=O)[C@@H]2C[C@@H](O)CN2C(=O)[C@@H](NC(=O)CCCCCC(=O)N2CCN(Cc3cccc(CCOc4cc(-c5ccccc5O)nnc4N)c3)CC2)C(C)(C)C)cc1. The Labute approximate surface area is 414 Å². The Kier molecular flexibility index (Phi) is 17.2. The highest BCUT2D eigenvalue weighted by molar-refractivity contribution is 7.13. The zero-order valence-electron chi connectivity index (χ0n) is 40.9. The molecule has 70 heavy (non-hydrogen) atoms. The van der Waals surface area contributed by atoms with Crippen molar-refractivity contribution in [3.63, 3.8) is 0 Å². The average Bonchev–Trinajstić information content (AvgIpc) is 3.96. The van der Waals surface area contributed by atoms with Crippen LogP contribution in [0, 0.1) is 12.3 Å². The number of β-amino-alcohol motifs (C(OH)–C–C–N with tert-alkyl or cyclic N) is 1. The molecule has 372 valence electrons. The first kappa shape index (κ1) is 51.4. The van der Waals surface area contributed by atoms with Gasteiger partial charge in [-0.3, -0.25) is 24.1 Å². The maximum Gasteiger partial charge on any atom is 0.246 e. The summed E-state index contributed by atoms with van der Waals surface area (Å²) in [7, 11) is 0. The first-order valence-corrected chi connectivity index (χ1v) is 25.1. The number of aryl methyl sites for hydroxylation is 1. The number of aromatic nitrogens is 3. The van der Waals surface area contributed by atoms with Crippen molar-refractivity contribution in [1.82, 2.24) is 40.5 Å². The van der Waals surface area contributed by atoms with Crippen molar-refractivity contribution in [2.75, 3.05) is 45.1 Å². The number of thiazole rings is 1. The Morgan fingerprint density at radius 2 is 1.63 bits per heavy atom. The molecule has 0 radical (unpaired) electrons. The van der Waals surface area contributed by atoms with Crippen molar-refractivity contribution in [3.8, 4) is 33.2 Å². The Bertz CT molecular complexity index is 2590. The largest absolute Gasteiger partial charge is 0.507 e. The van der Waals surface area contributed by atoms with Gasteiger partial charge in [0.15, 0.2) is 11.6 Å². The lowest BCUT2D eigenvalue weighted by molar-refractivity contribution is -0.144. The fourth-order valence-corrected chi connectivity index (χ4v) is 9.85. The summed E-state index contributed by atoms with van der Waals surface area (Å²) in [5, 5.41) is 35.0. The highest BCUT2D eigenvalue weighted by Crippen LogP contribution is 2.32. The summed E-state index contributed by atoms with van der Waals surface area (Å²) in [6.07, 6.45) is 2.41. The molecular formula is C53H67N9O7S. The van der Waals surface area contributed by atoms with E-state index in [2.05, 4.69) is 48.9 Å². The lowest BCUT2D eigenvalue weighted by Crippen LogP contribution is -2.57. The minimum atomic E-state index is -0.909. The van der Waals surface area contributed by atoms with Crippen LogP contribution < -0.4 is 21.1 Å².